The molecular formula is C14H11ClO2S. The molecule has 2 aromatic carbocycles. The highest BCUT2D eigenvalue weighted by atomic mass is 35.5. The van der Waals surface area contributed by atoms with Crippen molar-refractivity contribution < 1.29 is 9.90 Å². The van der Waals surface area contributed by atoms with Gasteiger partial charge < -0.3 is 5.11 Å². The molecule has 0 radical (unpaired) electrons. The van der Waals surface area contributed by atoms with Crippen molar-refractivity contribution in [1.29, 1.82) is 0 Å². The highest BCUT2D eigenvalue weighted by Crippen LogP contribution is 2.30. The highest BCUT2D eigenvalue weighted by molar-refractivity contribution is 7.80. The number of rotatable bonds is 3. The number of carbonyl (C=O) groups is 1. The molecule has 4 heteroatoms. The molecule has 0 spiro atoms. The Morgan fingerprint density at radius 3 is 2.33 bits per heavy atom. The molecule has 0 heterocycles. The topological polar surface area (TPSA) is 37.3 Å². The van der Waals surface area contributed by atoms with Crippen molar-refractivity contribution in [3.63, 3.8) is 0 Å². The van der Waals surface area contributed by atoms with E-state index in [1.54, 1.807) is 12.1 Å². The van der Waals surface area contributed by atoms with Crippen molar-refractivity contribution in [1.82, 2.24) is 0 Å². The molecule has 2 nitrogen and oxygen atoms in total. The van der Waals surface area contributed by atoms with Crippen LogP contribution in [-0.4, -0.2) is 11.1 Å². The molecule has 0 bridgehead atoms. The average Bonchev–Trinajstić information content (AvgIpc) is 2.38. The number of benzene rings is 2. The Kier molecular flexibility index (Phi) is 3.94. The molecule has 0 aromatic heterocycles. The van der Waals surface area contributed by atoms with Crippen molar-refractivity contribution in [2.45, 2.75) is 5.25 Å². The third-order valence-corrected chi connectivity index (χ3v) is 3.56. The van der Waals surface area contributed by atoms with Gasteiger partial charge in [0, 0.05) is 0 Å². The van der Waals surface area contributed by atoms with E-state index in [-0.39, 0.29) is 15.8 Å². The fourth-order valence-corrected chi connectivity index (χ4v) is 2.31. The number of carboxylic acid groups (broad SMARTS) is 1. The predicted octanol–water partition coefficient (Wildman–Crippen LogP) is 4.06. The van der Waals surface area contributed by atoms with Crippen LogP contribution in [0.3, 0.4) is 0 Å². The molecule has 0 aliphatic heterocycles. The van der Waals surface area contributed by atoms with Crippen LogP contribution in [0.4, 0.5) is 0 Å². The molecule has 0 aliphatic carbocycles. The van der Waals surface area contributed by atoms with E-state index in [1.807, 2.05) is 30.3 Å². The SMILES string of the molecule is O=C(O)c1ccc(C(S)c2ccccc2)cc1Cl. The maximum Gasteiger partial charge on any atom is 0.337 e. The van der Waals surface area contributed by atoms with Crippen molar-refractivity contribution in [3.05, 3.63) is 70.2 Å². The third-order valence-electron chi connectivity index (χ3n) is 2.65. The second kappa shape index (κ2) is 5.46. The third kappa shape index (κ3) is 2.68. The molecular weight excluding hydrogens is 268 g/mol. The van der Waals surface area contributed by atoms with Crippen LogP contribution in [-0.2, 0) is 0 Å². The Balaban J connectivity index is 2.35. The van der Waals surface area contributed by atoms with E-state index in [1.165, 1.54) is 6.07 Å². The number of thiol groups is 1. The van der Waals surface area contributed by atoms with E-state index < -0.39 is 5.97 Å². The van der Waals surface area contributed by atoms with Crippen LogP contribution in [0.25, 0.3) is 0 Å². The van der Waals surface area contributed by atoms with E-state index in [9.17, 15) is 4.79 Å². The summed E-state index contributed by atoms with van der Waals surface area (Å²) in [5.41, 5.74) is 2.02. The maximum absolute atomic E-state index is 10.9. The summed E-state index contributed by atoms with van der Waals surface area (Å²) in [6.45, 7) is 0. The second-order valence-corrected chi connectivity index (χ2v) is 4.78. The van der Waals surface area contributed by atoms with Crippen LogP contribution in [0.1, 0.15) is 26.7 Å². The van der Waals surface area contributed by atoms with Gasteiger partial charge in [-0.3, -0.25) is 0 Å². The number of halogens is 1. The highest BCUT2D eigenvalue weighted by Gasteiger charge is 2.13. The van der Waals surface area contributed by atoms with Gasteiger partial charge in [0.15, 0.2) is 0 Å². The largest absolute Gasteiger partial charge is 0.478 e. The van der Waals surface area contributed by atoms with E-state index in [0.29, 0.717) is 0 Å². The van der Waals surface area contributed by atoms with Crippen LogP contribution >= 0.6 is 24.2 Å². The molecule has 1 atom stereocenters. The minimum absolute atomic E-state index is 0.106. The molecule has 2 rings (SSSR count). The van der Waals surface area contributed by atoms with Crippen molar-refractivity contribution in [2.24, 2.45) is 0 Å². The molecule has 2 aromatic rings. The smallest absolute Gasteiger partial charge is 0.337 e. The summed E-state index contributed by atoms with van der Waals surface area (Å²) in [6.07, 6.45) is 0. The van der Waals surface area contributed by atoms with Gasteiger partial charge >= 0.3 is 5.97 Å². The molecule has 0 fully saturated rings. The second-order valence-electron chi connectivity index (χ2n) is 3.86. The van der Waals surface area contributed by atoms with Crippen molar-refractivity contribution in [2.75, 3.05) is 0 Å². The summed E-state index contributed by atoms with van der Waals surface area (Å²) in [7, 11) is 0. The molecule has 1 unspecified atom stereocenters. The lowest BCUT2D eigenvalue weighted by atomic mass is 10.0. The number of hydrogen-bond donors (Lipinski definition) is 2. The first-order valence-corrected chi connectivity index (χ1v) is 6.25. The zero-order valence-corrected chi connectivity index (χ0v) is 11.0. The molecule has 0 aliphatic rings. The molecule has 0 saturated carbocycles. The van der Waals surface area contributed by atoms with Crippen LogP contribution in [0.5, 0.6) is 0 Å². The van der Waals surface area contributed by atoms with E-state index in [4.69, 9.17) is 16.7 Å². The van der Waals surface area contributed by atoms with Crippen molar-refractivity contribution >= 4 is 30.2 Å². The maximum atomic E-state index is 10.9. The predicted molar refractivity (Wildman–Crippen MR) is 75.7 cm³/mol. The zero-order valence-electron chi connectivity index (χ0n) is 9.38. The summed E-state index contributed by atoms with van der Waals surface area (Å²) in [4.78, 5) is 10.9. The average molecular weight is 279 g/mol. The quantitative estimate of drug-likeness (QED) is 0.831. The lowest BCUT2D eigenvalue weighted by Crippen LogP contribution is -1.99. The summed E-state index contributed by atoms with van der Waals surface area (Å²) < 4.78 is 0. The normalized spacial score (nSPS) is 12.1. The van der Waals surface area contributed by atoms with Gasteiger partial charge in [-0.15, -0.1) is 0 Å². The van der Waals surface area contributed by atoms with Gasteiger partial charge in [0.2, 0.25) is 0 Å². The molecule has 0 saturated heterocycles. The van der Waals surface area contributed by atoms with Gasteiger partial charge in [0.05, 0.1) is 15.8 Å². The Morgan fingerprint density at radius 2 is 1.78 bits per heavy atom. The molecule has 92 valence electrons. The Bertz CT molecular complexity index is 569. The Labute approximate surface area is 116 Å². The fraction of sp³-hybridized carbons (Fsp3) is 0.0714. The van der Waals surface area contributed by atoms with E-state index >= 15 is 0 Å². The number of aromatic carboxylic acids is 1. The minimum atomic E-state index is -1.03. The van der Waals surface area contributed by atoms with Gasteiger partial charge in [0.25, 0.3) is 0 Å². The summed E-state index contributed by atoms with van der Waals surface area (Å²) in [5.74, 6) is -1.03. The monoisotopic (exact) mass is 278 g/mol. The Hall–Kier alpha value is -1.45. The standard InChI is InChI=1S/C14H11ClO2S/c15-12-8-10(6-7-11(12)14(16)17)13(18)9-4-2-1-3-5-9/h1-8,13,18H,(H,16,17). The van der Waals surface area contributed by atoms with Crippen LogP contribution in [0.15, 0.2) is 48.5 Å². The number of carboxylic acids is 1. The number of hydrogen-bond acceptors (Lipinski definition) is 2. The van der Waals surface area contributed by atoms with Gasteiger partial charge in [-0.05, 0) is 23.3 Å². The lowest BCUT2D eigenvalue weighted by molar-refractivity contribution is 0.0697. The summed E-state index contributed by atoms with van der Waals surface area (Å²) in [6, 6.07) is 14.6. The van der Waals surface area contributed by atoms with E-state index in [0.717, 1.165) is 11.1 Å². The van der Waals surface area contributed by atoms with Crippen LogP contribution < -0.4 is 0 Å². The minimum Gasteiger partial charge on any atom is -0.478 e. The Morgan fingerprint density at radius 1 is 1.11 bits per heavy atom. The van der Waals surface area contributed by atoms with Gasteiger partial charge in [-0.25, -0.2) is 4.79 Å². The van der Waals surface area contributed by atoms with Crippen LogP contribution in [0, 0.1) is 0 Å². The zero-order chi connectivity index (χ0) is 13.1. The summed E-state index contributed by atoms with van der Waals surface area (Å²) in [5, 5.41) is 9.02. The van der Waals surface area contributed by atoms with Crippen LogP contribution in [0.2, 0.25) is 5.02 Å². The first-order chi connectivity index (χ1) is 8.59. The summed E-state index contributed by atoms with van der Waals surface area (Å²) >= 11 is 10.5. The van der Waals surface area contributed by atoms with Gasteiger partial charge in [-0.1, -0.05) is 48.0 Å². The molecule has 1 N–H and O–H groups in total. The fourth-order valence-electron chi connectivity index (χ4n) is 1.70. The van der Waals surface area contributed by atoms with Crippen molar-refractivity contribution in [3.8, 4) is 0 Å². The first-order valence-electron chi connectivity index (χ1n) is 5.35. The molecule has 18 heavy (non-hydrogen) atoms. The van der Waals surface area contributed by atoms with E-state index in [2.05, 4.69) is 12.6 Å². The molecule has 0 amide bonds. The lowest BCUT2D eigenvalue weighted by Gasteiger charge is -2.12. The van der Waals surface area contributed by atoms with Gasteiger partial charge in [-0.2, -0.15) is 12.6 Å². The van der Waals surface area contributed by atoms with Gasteiger partial charge in [0.1, 0.15) is 0 Å². The first kappa shape index (κ1) is 13.0.